The van der Waals surface area contributed by atoms with Crippen molar-refractivity contribution in [1.82, 2.24) is 0 Å². The van der Waals surface area contributed by atoms with Gasteiger partial charge in [-0.1, -0.05) is 29.8 Å². The molecule has 0 aromatic heterocycles. The van der Waals surface area contributed by atoms with E-state index in [9.17, 15) is 0 Å². The van der Waals surface area contributed by atoms with Crippen LogP contribution in [0, 0.1) is 0 Å². The van der Waals surface area contributed by atoms with E-state index in [1.54, 1.807) is 19.2 Å². The lowest BCUT2D eigenvalue weighted by atomic mass is 10.1. The highest BCUT2D eigenvalue weighted by atomic mass is 127. The molecule has 3 N–H and O–H groups in total. The molecule has 0 aliphatic carbocycles. The van der Waals surface area contributed by atoms with E-state index < -0.39 is 0 Å². The molecule has 0 amide bonds. The number of rotatable bonds is 5. The Bertz CT molecular complexity index is 778. The normalized spacial score (nSPS) is 14.4. The van der Waals surface area contributed by atoms with Gasteiger partial charge in [0, 0.05) is 24.5 Å². The fourth-order valence-electron chi connectivity index (χ4n) is 3.19. The van der Waals surface area contributed by atoms with E-state index in [-0.39, 0.29) is 24.0 Å². The summed E-state index contributed by atoms with van der Waals surface area (Å²) in [7, 11) is 1.59. The third-order valence-corrected chi connectivity index (χ3v) is 4.83. The summed E-state index contributed by atoms with van der Waals surface area (Å²) in [5.41, 5.74) is 9.28. The number of nitrogens with two attached hydrogens (primary N) is 1. The fraction of sp³-hybridized carbons (Fsp3) is 0.350. The highest BCUT2D eigenvalue weighted by molar-refractivity contribution is 14.0. The molecule has 146 valence electrons. The molecule has 5 nitrogen and oxygen atoms in total. The zero-order valence-electron chi connectivity index (χ0n) is 15.5. The number of hydrogen-bond donors (Lipinski definition) is 2. The van der Waals surface area contributed by atoms with Crippen molar-refractivity contribution in [3.05, 3.63) is 53.1 Å². The lowest BCUT2D eigenvalue weighted by Gasteiger charge is -2.30. The molecule has 0 saturated carbocycles. The number of ether oxygens (including phenoxy) is 1. The van der Waals surface area contributed by atoms with Crippen LogP contribution in [0.3, 0.4) is 0 Å². The van der Waals surface area contributed by atoms with Gasteiger partial charge in [-0.2, -0.15) is 0 Å². The van der Waals surface area contributed by atoms with E-state index in [4.69, 9.17) is 22.1 Å². The Balaban J connectivity index is 0.00000261. The van der Waals surface area contributed by atoms with Gasteiger partial charge in [0.1, 0.15) is 5.75 Å². The molecule has 1 aliphatic rings. The van der Waals surface area contributed by atoms with Crippen molar-refractivity contribution >= 4 is 52.9 Å². The van der Waals surface area contributed by atoms with Gasteiger partial charge >= 0.3 is 0 Å². The minimum atomic E-state index is 0. The minimum absolute atomic E-state index is 0. The van der Waals surface area contributed by atoms with E-state index in [1.807, 2.05) is 12.1 Å². The average molecular weight is 501 g/mol. The van der Waals surface area contributed by atoms with Crippen molar-refractivity contribution in [2.75, 3.05) is 30.4 Å². The predicted molar refractivity (Wildman–Crippen MR) is 125 cm³/mol. The second-order valence-corrected chi connectivity index (χ2v) is 6.76. The summed E-state index contributed by atoms with van der Waals surface area (Å²) < 4.78 is 5.16. The summed E-state index contributed by atoms with van der Waals surface area (Å²) >= 11 is 6.14. The Morgan fingerprint density at radius 3 is 2.63 bits per heavy atom. The highest BCUT2D eigenvalue weighted by Crippen LogP contribution is 2.27. The van der Waals surface area contributed by atoms with Gasteiger partial charge in [0.2, 0.25) is 0 Å². The summed E-state index contributed by atoms with van der Waals surface area (Å²) in [5, 5.41) is 3.61. The SMILES string of the molecule is COc1ccc(NC(N)=NCc2ccccc2N2CCCCC2)cc1Cl.I. The van der Waals surface area contributed by atoms with Crippen LogP contribution in [0.25, 0.3) is 0 Å². The summed E-state index contributed by atoms with van der Waals surface area (Å²) in [4.78, 5) is 6.95. The maximum atomic E-state index is 6.14. The third kappa shape index (κ3) is 5.90. The van der Waals surface area contributed by atoms with Gasteiger partial charge < -0.3 is 20.7 Å². The Labute approximate surface area is 183 Å². The molecule has 0 spiro atoms. The van der Waals surface area contributed by atoms with Gasteiger partial charge in [-0.3, -0.25) is 0 Å². The van der Waals surface area contributed by atoms with Gasteiger partial charge in [0.15, 0.2) is 5.96 Å². The molecular formula is C20H26ClIN4O. The predicted octanol–water partition coefficient (Wildman–Crippen LogP) is 4.88. The molecule has 27 heavy (non-hydrogen) atoms. The molecule has 2 aromatic rings. The first-order valence-corrected chi connectivity index (χ1v) is 9.28. The van der Waals surface area contributed by atoms with E-state index >= 15 is 0 Å². The number of piperidine rings is 1. The van der Waals surface area contributed by atoms with Crippen LogP contribution in [-0.2, 0) is 6.54 Å². The number of hydrogen-bond acceptors (Lipinski definition) is 3. The summed E-state index contributed by atoms with van der Waals surface area (Å²) in [6.45, 7) is 2.76. The van der Waals surface area contributed by atoms with Gasteiger partial charge in [0.05, 0.1) is 18.7 Å². The highest BCUT2D eigenvalue weighted by Gasteiger charge is 2.13. The lowest BCUT2D eigenvalue weighted by molar-refractivity contribution is 0.415. The Morgan fingerprint density at radius 1 is 1.19 bits per heavy atom. The molecule has 1 saturated heterocycles. The molecule has 0 radical (unpaired) electrons. The summed E-state index contributed by atoms with van der Waals surface area (Å²) in [6, 6.07) is 13.8. The molecule has 0 bridgehead atoms. The molecule has 0 atom stereocenters. The Kier molecular flexibility index (Phi) is 8.50. The van der Waals surface area contributed by atoms with Gasteiger partial charge in [-0.05, 0) is 49.1 Å². The number of para-hydroxylation sites is 1. The van der Waals surface area contributed by atoms with Crippen LogP contribution in [-0.4, -0.2) is 26.2 Å². The van der Waals surface area contributed by atoms with Crippen molar-refractivity contribution in [1.29, 1.82) is 0 Å². The largest absolute Gasteiger partial charge is 0.495 e. The summed E-state index contributed by atoms with van der Waals surface area (Å²) in [5.74, 6) is 0.989. The Hall–Kier alpha value is -1.67. The number of anilines is 2. The van der Waals surface area contributed by atoms with Crippen LogP contribution in [0.15, 0.2) is 47.5 Å². The van der Waals surface area contributed by atoms with Crippen molar-refractivity contribution < 1.29 is 4.74 Å². The van der Waals surface area contributed by atoms with Gasteiger partial charge in [0.25, 0.3) is 0 Å². The maximum Gasteiger partial charge on any atom is 0.193 e. The van der Waals surface area contributed by atoms with Gasteiger partial charge in [-0.25, -0.2) is 4.99 Å². The number of nitrogens with one attached hydrogen (secondary N) is 1. The topological polar surface area (TPSA) is 62.9 Å². The molecule has 1 aliphatic heterocycles. The van der Waals surface area contributed by atoms with Crippen molar-refractivity contribution in [3.8, 4) is 5.75 Å². The zero-order valence-corrected chi connectivity index (χ0v) is 18.5. The Morgan fingerprint density at radius 2 is 1.93 bits per heavy atom. The van der Waals surface area contributed by atoms with Crippen molar-refractivity contribution in [2.45, 2.75) is 25.8 Å². The monoisotopic (exact) mass is 500 g/mol. The second-order valence-electron chi connectivity index (χ2n) is 6.35. The number of aliphatic imine (C=N–C) groups is 1. The number of halogens is 2. The molecule has 2 aromatic carbocycles. The van der Waals surface area contributed by atoms with E-state index in [1.165, 1.54) is 30.5 Å². The van der Waals surface area contributed by atoms with Crippen LogP contribution < -0.4 is 20.7 Å². The maximum absolute atomic E-state index is 6.14. The number of benzene rings is 2. The van der Waals surface area contributed by atoms with Crippen LogP contribution in [0.1, 0.15) is 24.8 Å². The third-order valence-electron chi connectivity index (χ3n) is 4.53. The first-order chi connectivity index (χ1) is 12.7. The van der Waals surface area contributed by atoms with E-state index in [2.05, 4.69) is 33.4 Å². The van der Waals surface area contributed by atoms with Crippen molar-refractivity contribution in [2.24, 2.45) is 10.7 Å². The molecule has 0 unspecified atom stereocenters. The average Bonchev–Trinajstić information content (AvgIpc) is 2.67. The minimum Gasteiger partial charge on any atom is -0.495 e. The van der Waals surface area contributed by atoms with Crippen LogP contribution in [0.5, 0.6) is 5.75 Å². The van der Waals surface area contributed by atoms with E-state index in [0.29, 0.717) is 23.3 Å². The zero-order chi connectivity index (χ0) is 18.4. The first-order valence-electron chi connectivity index (χ1n) is 8.90. The number of methoxy groups -OCH3 is 1. The molecule has 3 rings (SSSR count). The fourth-order valence-corrected chi connectivity index (χ4v) is 3.45. The second kappa shape index (κ2) is 10.6. The molecule has 1 heterocycles. The van der Waals surface area contributed by atoms with Gasteiger partial charge in [-0.15, -0.1) is 24.0 Å². The lowest BCUT2D eigenvalue weighted by Crippen LogP contribution is -2.30. The van der Waals surface area contributed by atoms with Crippen LogP contribution >= 0.6 is 35.6 Å². The number of nitrogens with zero attached hydrogens (tertiary/aromatic N) is 2. The molecule has 7 heteroatoms. The summed E-state index contributed by atoms with van der Waals surface area (Å²) in [6.07, 6.45) is 3.82. The number of guanidine groups is 1. The van der Waals surface area contributed by atoms with E-state index in [0.717, 1.165) is 18.8 Å². The standard InChI is InChI=1S/C20H25ClN4O.HI/c1-26-19-10-9-16(13-17(19)21)24-20(22)23-14-15-7-3-4-8-18(15)25-11-5-2-6-12-25;/h3-4,7-10,13H,2,5-6,11-12,14H2,1H3,(H3,22,23,24);1H. The smallest absolute Gasteiger partial charge is 0.193 e. The quantitative estimate of drug-likeness (QED) is 0.349. The van der Waals surface area contributed by atoms with Crippen LogP contribution in [0.4, 0.5) is 11.4 Å². The first kappa shape index (κ1) is 21.6. The molecule has 1 fully saturated rings. The van der Waals surface area contributed by atoms with Crippen molar-refractivity contribution in [3.63, 3.8) is 0 Å². The van der Waals surface area contributed by atoms with Crippen LogP contribution in [0.2, 0.25) is 5.02 Å². The molecular weight excluding hydrogens is 475 g/mol.